The number of hydrogen-bond acceptors (Lipinski definition) is 5. The first-order valence-electron chi connectivity index (χ1n) is 7.26. The highest BCUT2D eigenvalue weighted by atomic mass is 35.5. The minimum atomic E-state index is -0.549. The smallest absolute Gasteiger partial charge is 0.165 e. The van der Waals surface area contributed by atoms with Crippen LogP contribution in [0.15, 0.2) is 24.3 Å². The second-order valence-corrected chi connectivity index (χ2v) is 6.75. The fourth-order valence-corrected chi connectivity index (χ4v) is 3.53. The first-order valence-corrected chi connectivity index (χ1v) is 7.64. The molecule has 6 nitrogen and oxygen atoms in total. The summed E-state index contributed by atoms with van der Waals surface area (Å²) in [5.41, 5.74) is 2.19. The summed E-state index contributed by atoms with van der Waals surface area (Å²) in [4.78, 5) is 12.6. The molecule has 2 aromatic rings. The van der Waals surface area contributed by atoms with Gasteiger partial charge in [0, 0.05) is 6.42 Å². The molecule has 0 unspecified atom stereocenters. The van der Waals surface area contributed by atoms with Crippen molar-refractivity contribution in [3.8, 4) is 0 Å². The molecule has 22 heavy (non-hydrogen) atoms. The third kappa shape index (κ3) is 1.98. The molecule has 0 N–H and O–H groups in total. The molecule has 0 saturated carbocycles. The van der Waals surface area contributed by atoms with Gasteiger partial charge < -0.3 is 14.0 Å². The zero-order chi connectivity index (χ0) is 15.5. The van der Waals surface area contributed by atoms with Crippen molar-refractivity contribution in [1.82, 2.24) is 19.5 Å². The minimum Gasteiger partial charge on any atom is -0.347 e. The zero-order valence-electron chi connectivity index (χ0n) is 12.7. The quantitative estimate of drug-likeness (QED) is 0.597. The number of rotatable bonds is 1. The number of nitrogens with zero attached hydrogens (tertiary/aromatic N) is 4. The lowest BCUT2D eigenvalue weighted by Gasteiger charge is -2.27. The monoisotopic (exact) mass is 320 g/mol. The van der Waals surface area contributed by atoms with Crippen LogP contribution in [0.25, 0.3) is 11.2 Å². The van der Waals surface area contributed by atoms with E-state index in [9.17, 15) is 0 Å². The Kier molecular flexibility index (Phi) is 2.89. The SMILES string of the molecule is CC1=C[C@H](n2cnc3c(Cl)ncnc32)C[C@]12COC(C)(C)O2. The summed E-state index contributed by atoms with van der Waals surface area (Å²) in [5.74, 6) is -0.549. The fraction of sp³-hybridized carbons (Fsp3) is 0.533. The molecule has 0 aromatic carbocycles. The van der Waals surface area contributed by atoms with Crippen molar-refractivity contribution < 1.29 is 9.47 Å². The third-order valence-electron chi connectivity index (χ3n) is 4.47. The standard InChI is InChI=1S/C15H17ClN4O2/c1-9-4-10(5-15(9)6-21-14(2,3)22-15)20-8-19-11-12(16)17-7-18-13(11)20/h4,7-8,10H,5-6H2,1-3H3/t10-,15-/m0/s1. The Morgan fingerprint density at radius 1 is 1.32 bits per heavy atom. The average molecular weight is 321 g/mol. The van der Waals surface area contributed by atoms with Gasteiger partial charge in [-0.2, -0.15) is 0 Å². The summed E-state index contributed by atoms with van der Waals surface area (Å²) in [6.45, 7) is 6.55. The normalized spacial score (nSPS) is 30.4. The predicted octanol–water partition coefficient (Wildman–Crippen LogP) is 2.89. The summed E-state index contributed by atoms with van der Waals surface area (Å²) in [5, 5.41) is 0.374. The largest absolute Gasteiger partial charge is 0.347 e. The molecule has 2 atom stereocenters. The molecule has 1 spiro atoms. The molecule has 0 radical (unpaired) electrons. The number of allylic oxidation sites excluding steroid dienone is 1. The second-order valence-electron chi connectivity index (χ2n) is 6.39. The number of halogens is 1. The average Bonchev–Trinajstić information content (AvgIpc) is 3.09. The molecule has 1 fully saturated rings. The van der Waals surface area contributed by atoms with Crippen molar-refractivity contribution >= 4 is 22.8 Å². The van der Waals surface area contributed by atoms with E-state index in [1.807, 2.05) is 18.4 Å². The van der Waals surface area contributed by atoms with E-state index in [2.05, 4.69) is 28.0 Å². The van der Waals surface area contributed by atoms with Crippen molar-refractivity contribution in [2.24, 2.45) is 0 Å². The van der Waals surface area contributed by atoms with Crippen molar-refractivity contribution in [2.75, 3.05) is 6.61 Å². The van der Waals surface area contributed by atoms with Crippen molar-refractivity contribution in [1.29, 1.82) is 0 Å². The predicted molar refractivity (Wildman–Crippen MR) is 81.6 cm³/mol. The lowest BCUT2D eigenvalue weighted by molar-refractivity contribution is -0.153. The van der Waals surface area contributed by atoms with Gasteiger partial charge in [-0.15, -0.1) is 0 Å². The lowest BCUT2D eigenvalue weighted by atomic mass is 9.97. The van der Waals surface area contributed by atoms with Gasteiger partial charge in [0.2, 0.25) is 0 Å². The van der Waals surface area contributed by atoms with E-state index >= 15 is 0 Å². The van der Waals surface area contributed by atoms with Crippen molar-refractivity contribution in [3.63, 3.8) is 0 Å². The van der Waals surface area contributed by atoms with E-state index in [-0.39, 0.29) is 11.6 Å². The Labute approximate surface area is 133 Å². The molecule has 1 aliphatic heterocycles. The molecular formula is C15H17ClN4O2. The van der Waals surface area contributed by atoms with Crippen LogP contribution < -0.4 is 0 Å². The maximum absolute atomic E-state index is 6.19. The molecule has 7 heteroatoms. The Balaban J connectivity index is 1.72. The van der Waals surface area contributed by atoms with Gasteiger partial charge in [-0.05, 0) is 26.3 Å². The van der Waals surface area contributed by atoms with E-state index in [0.717, 1.165) is 12.1 Å². The summed E-state index contributed by atoms with van der Waals surface area (Å²) in [6, 6.07) is 0.119. The van der Waals surface area contributed by atoms with Crippen LogP contribution in [0.5, 0.6) is 0 Å². The first-order chi connectivity index (χ1) is 10.4. The van der Waals surface area contributed by atoms with Gasteiger partial charge in [-0.25, -0.2) is 15.0 Å². The van der Waals surface area contributed by atoms with E-state index in [1.165, 1.54) is 11.9 Å². The van der Waals surface area contributed by atoms with Gasteiger partial charge in [-0.1, -0.05) is 17.7 Å². The van der Waals surface area contributed by atoms with E-state index < -0.39 is 5.79 Å². The van der Waals surface area contributed by atoms with Crippen LogP contribution in [0.2, 0.25) is 5.15 Å². The van der Waals surface area contributed by atoms with Crippen LogP contribution in [0.1, 0.15) is 33.2 Å². The van der Waals surface area contributed by atoms with Gasteiger partial charge >= 0.3 is 0 Å². The number of ether oxygens (including phenoxy) is 2. The van der Waals surface area contributed by atoms with Crippen molar-refractivity contribution in [2.45, 2.75) is 44.6 Å². The summed E-state index contributed by atoms with van der Waals surface area (Å²) in [7, 11) is 0. The number of imidazole rings is 1. The lowest BCUT2D eigenvalue weighted by Crippen LogP contribution is -2.34. The fourth-order valence-electron chi connectivity index (χ4n) is 3.36. The van der Waals surface area contributed by atoms with Gasteiger partial charge in [-0.3, -0.25) is 0 Å². The van der Waals surface area contributed by atoms with Crippen LogP contribution in [0.4, 0.5) is 0 Å². The minimum absolute atomic E-state index is 0.119. The Bertz CT molecular complexity index is 785. The highest BCUT2D eigenvalue weighted by Crippen LogP contribution is 2.47. The highest BCUT2D eigenvalue weighted by molar-refractivity contribution is 6.33. The summed E-state index contributed by atoms with van der Waals surface area (Å²) < 4.78 is 14.0. The molecular weight excluding hydrogens is 304 g/mol. The maximum Gasteiger partial charge on any atom is 0.165 e. The molecule has 1 aliphatic carbocycles. The number of fused-ring (bicyclic) bond motifs is 1. The van der Waals surface area contributed by atoms with Crippen molar-refractivity contribution in [3.05, 3.63) is 29.5 Å². The number of hydrogen-bond donors (Lipinski definition) is 0. The third-order valence-corrected chi connectivity index (χ3v) is 4.74. The Morgan fingerprint density at radius 3 is 2.86 bits per heavy atom. The molecule has 1 saturated heterocycles. The topological polar surface area (TPSA) is 62.1 Å². The summed E-state index contributed by atoms with van der Waals surface area (Å²) in [6.07, 6.45) is 6.22. The van der Waals surface area contributed by atoms with Crippen LogP contribution in [-0.4, -0.2) is 37.5 Å². The van der Waals surface area contributed by atoms with Crippen LogP contribution >= 0.6 is 11.6 Å². The van der Waals surface area contributed by atoms with Crippen LogP contribution in [0.3, 0.4) is 0 Å². The van der Waals surface area contributed by atoms with E-state index in [0.29, 0.717) is 17.3 Å². The second kappa shape index (κ2) is 4.50. The highest BCUT2D eigenvalue weighted by Gasteiger charge is 2.50. The molecule has 116 valence electrons. The zero-order valence-corrected chi connectivity index (χ0v) is 13.5. The molecule has 3 heterocycles. The summed E-state index contributed by atoms with van der Waals surface area (Å²) >= 11 is 6.08. The first kappa shape index (κ1) is 14.1. The maximum atomic E-state index is 6.19. The van der Waals surface area contributed by atoms with Crippen LogP contribution in [-0.2, 0) is 9.47 Å². The molecule has 0 amide bonds. The van der Waals surface area contributed by atoms with Crippen LogP contribution in [0, 0.1) is 0 Å². The molecule has 2 aliphatic rings. The van der Waals surface area contributed by atoms with Gasteiger partial charge in [0.1, 0.15) is 17.4 Å². The Hall–Kier alpha value is -1.50. The number of aromatic nitrogens is 4. The molecule has 0 bridgehead atoms. The Morgan fingerprint density at radius 2 is 2.14 bits per heavy atom. The van der Waals surface area contributed by atoms with E-state index in [4.69, 9.17) is 21.1 Å². The van der Waals surface area contributed by atoms with Gasteiger partial charge in [0.15, 0.2) is 16.6 Å². The van der Waals surface area contributed by atoms with E-state index in [1.54, 1.807) is 6.33 Å². The van der Waals surface area contributed by atoms with Gasteiger partial charge in [0.05, 0.1) is 19.0 Å². The molecule has 2 aromatic heterocycles. The molecule has 4 rings (SSSR count). The van der Waals surface area contributed by atoms with Gasteiger partial charge in [0.25, 0.3) is 0 Å².